The van der Waals surface area contributed by atoms with Gasteiger partial charge in [-0.05, 0) is 36.6 Å². The van der Waals surface area contributed by atoms with Crippen molar-refractivity contribution in [3.05, 3.63) is 40.6 Å². The van der Waals surface area contributed by atoms with Gasteiger partial charge in [-0.3, -0.25) is 14.5 Å². The maximum absolute atomic E-state index is 12.7. The lowest BCUT2D eigenvalue weighted by Crippen LogP contribution is -2.49. The SMILES string of the molecule is C[C@H]1C(=O)Nc2cc(S(C)(=O)=O)ccc2N1C(=O)c1cccs1. The highest BCUT2D eigenvalue weighted by Gasteiger charge is 2.35. The molecule has 0 saturated carbocycles. The van der Waals surface area contributed by atoms with Crippen LogP contribution in [0.2, 0.25) is 0 Å². The van der Waals surface area contributed by atoms with Gasteiger partial charge in [0.05, 0.1) is 21.1 Å². The van der Waals surface area contributed by atoms with Crippen LogP contribution in [-0.4, -0.2) is 32.5 Å². The number of carbonyl (C=O) groups is 2. The van der Waals surface area contributed by atoms with Crippen molar-refractivity contribution in [3.63, 3.8) is 0 Å². The van der Waals surface area contributed by atoms with Crippen molar-refractivity contribution < 1.29 is 18.0 Å². The Morgan fingerprint density at radius 3 is 2.65 bits per heavy atom. The van der Waals surface area contributed by atoms with Crippen LogP contribution in [0.25, 0.3) is 0 Å². The van der Waals surface area contributed by atoms with E-state index < -0.39 is 15.9 Å². The smallest absolute Gasteiger partial charge is 0.269 e. The molecule has 1 aliphatic rings. The Morgan fingerprint density at radius 1 is 1.30 bits per heavy atom. The molecule has 1 aromatic heterocycles. The molecule has 2 heterocycles. The van der Waals surface area contributed by atoms with E-state index in [1.54, 1.807) is 30.5 Å². The minimum Gasteiger partial charge on any atom is -0.322 e. The molecule has 0 bridgehead atoms. The monoisotopic (exact) mass is 350 g/mol. The summed E-state index contributed by atoms with van der Waals surface area (Å²) < 4.78 is 23.4. The van der Waals surface area contributed by atoms with Crippen LogP contribution in [0.5, 0.6) is 0 Å². The van der Waals surface area contributed by atoms with E-state index in [0.29, 0.717) is 16.3 Å². The van der Waals surface area contributed by atoms with Crippen molar-refractivity contribution >= 4 is 44.4 Å². The first-order valence-corrected chi connectivity index (χ1v) is 9.58. The van der Waals surface area contributed by atoms with Gasteiger partial charge in [-0.15, -0.1) is 11.3 Å². The van der Waals surface area contributed by atoms with E-state index in [1.807, 2.05) is 0 Å². The Bertz CT molecular complexity index is 888. The molecule has 2 amide bonds. The first-order chi connectivity index (χ1) is 10.8. The highest BCUT2D eigenvalue weighted by molar-refractivity contribution is 7.90. The Morgan fingerprint density at radius 2 is 2.04 bits per heavy atom. The summed E-state index contributed by atoms with van der Waals surface area (Å²) in [7, 11) is -3.40. The maximum atomic E-state index is 12.7. The Kier molecular flexibility index (Phi) is 3.73. The van der Waals surface area contributed by atoms with E-state index in [2.05, 4.69) is 5.32 Å². The number of fused-ring (bicyclic) bond motifs is 1. The van der Waals surface area contributed by atoms with Gasteiger partial charge in [-0.2, -0.15) is 0 Å². The van der Waals surface area contributed by atoms with Gasteiger partial charge in [0, 0.05) is 6.26 Å². The summed E-state index contributed by atoms with van der Waals surface area (Å²) in [6.45, 7) is 1.63. The Labute approximate surface area is 137 Å². The molecule has 8 heteroatoms. The zero-order chi connectivity index (χ0) is 16.8. The second-order valence-corrected chi connectivity index (χ2v) is 8.23. The summed E-state index contributed by atoms with van der Waals surface area (Å²) in [5.41, 5.74) is 0.809. The molecule has 1 aromatic carbocycles. The van der Waals surface area contributed by atoms with Crippen LogP contribution in [0.15, 0.2) is 40.6 Å². The second-order valence-electron chi connectivity index (χ2n) is 5.27. The number of nitrogens with zero attached hydrogens (tertiary/aromatic N) is 1. The highest BCUT2D eigenvalue weighted by Crippen LogP contribution is 2.35. The summed E-state index contributed by atoms with van der Waals surface area (Å²) in [5, 5.41) is 4.45. The van der Waals surface area contributed by atoms with Crippen LogP contribution in [0.3, 0.4) is 0 Å². The number of amides is 2. The van der Waals surface area contributed by atoms with E-state index in [4.69, 9.17) is 0 Å². The molecule has 2 aromatic rings. The molecule has 120 valence electrons. The van der Waals surface area contributed by atoms with Gasteiger partial charge in [0.1, 0.15) is 6.04 Å². The van der Waals surface area contributed by atoms with Crippen molar-refractivity contribution in [3.8, 4) is 0 Å². The fourth-order valence-corrected chi connectivity index (χ4v) is 3.73. The molecule has 6 nitrogen and oxygen atoms in total. The van der Waals surface area contributed by atoms with Crippen molar-refractivity contribution in [2.24, 2.45) is 0 Å². The van der Waals surface area contributed by atoms with Crippen molar-refractivity contribution in [1.82, 2.24) is 0 Å². The molecule has 0 saturated heterocycles. The molecule has 1 atom stereocenters. The average Bonchev–Trinajstić information content (AvgIpc) is 3.01. The third-order valence-electron chi connectivity index (χ3n) is 3.63. The first-order valence-electron chi connectivity index (χ1n) is 6.81. The van der Waals surface area contributed by atoms with Crippen LogP contribution in [0, 0.1) is 0 Å². The normalized spacial score (nSPS) is 17.6. The topological polar surface area (TPSA) is 83.6 Å². The minimum absolute atomic E-state index is 0.0922. The van der Waals surface area contributed by atoms with E-state index in [0.717, 1.165) is 6.26 Å². The van der Waals surface area contributed by atoms with Gasteiger partial charge in [0.15, 0.2) is 9.84 Å². The lowest BCUT2D eigenvalue weighted by molar-refractivity contribution is -0.117. The molecular weight excluding hydrogens is 336 g/mol. The molecule has 0 fully saturated rings. The number of carbonyl (C=O) groups excluding carboxylic acids is 2. The second kappa shape index (κ2) is 5.47. The van der Waals surface area contributed by atoms with Gasteiger partial charge in [-0.25, -0.2) is 8.42 Å². The van der Waals surface area contributed by atoms with Gasteiger partial charge in [0.2, 0.25) is 5.91 Å². The molecule has 23 heavy (non-hydrogen) atoms. The number of rotatable bonds is 2. The van der Waals surface area contributed by atoms with Gasteiger partial charge in [-0.1, -0.05) is 6.07 Å². The first kappa shape index (κ1) is 15.7. The van der Waals surface area contributed by atoms with Gasteiger partial charge in [0.25, 0.3) is 5.91 Å². The summed E-state index contributed by atoms with van der Waals surface area (Å²) in [6.07, 6.45) is 1.09. The number of nitrogens with one attached hydrogen (secondary N) is 1. The summed E-state index contributed by atoms with van der Waals surface area (Å²) in [4.78, 5) is 26.9. The lowest BCUT2D eigenvalue weighted by Gasteiger charge is -2.34. The third-order valence-corrected chi connectivity index (χ3v) is 5.60. The molecule has 1 aliphatic heterocycles. The molecular formula is C15H14N2O4S2. The number of hydrogen-bond acceptors (Lipinski definition) is 5. The van der Waals surface area contributed by atoms with Gasteiger partial charge < -0.3 is 5.32 Å². The molecule has 1 N–H and O–H groups in total. The summed E-state index contributed by atoms with van der Waals surface area (Å²) >= 11 is 1.29. The molecule has 0 aliphatic carbocycles. The predicted molar refractivity (Wildman–Crippen MR) is 88.8 cm³/mol. The highest BCUT2D eigenvalue weighted by atomic mass is 32.2. The average molecular weight is 350 g/mol. The standard InChI is InChI=1S/C15H14N2O4S2/c1-9-14(18)16-11-8-10(23(2,20)21)5-6-12(11)17(9)15(19)13-4-3-7-22-13/h3-9H,1-2H3,(H,16,18)/t9-/m0/s1. The minimum atomic E-state index is -3.40. The predicted octanol–water partition coefficient (Wildman–Crippen LogP) is 2.14. The van der Waals surface area contributed by atoms with Crippen LogP contribution >= 0.6 is 11.3 Å². The molecule has 0 radical (unpaired) electrons. The number of benzene rings is 1. The summed E-state index contributed by atoms with van der Waals surface area (Å²) in [6, 6.07) is 7.14. The number of thiophene rings is 1. The number of hydrogen-bond donors (Lipinski definition) is 1. The summed E-state index contributed by atoms with van der Waals surface area (Å²) in [5.74, 6) is -0.635. The van der Waals surface area contributed by atoms with Crippen molar-refractivity contribution in [2.75, 3.05) is 16.5 Å². The fourth-order valence-electron chi connectivity index (χ4n) is 2.42. The molecule has 0 spiro atoms. The largest absolute Gasteiger partial charge is 0.322 e. The van der Waals surface area contributed by atoms with Crippen LogP contribution in [0.4, 0.5) is 11.4 Å². The van der Waals surface area contributed by atoms with Crippen molar-refractivity contribution in [1.29, 1.82) is 0 Å². The van der Waals surface area contributed by atoms with E-state index >= 15 is 0 Å². The fraction of sp³-hybridized carbons (Fsp3) is 0.200. The van der Waals surface area contributed by atoms with Crippen LogP contribution < -0.4 is 10.2 Å². The molecule has 0 unspecified atom stereocenters. The lowest BCUT2D eigenvalue weighted by atomic mass is 10.1. The van der Waals surface area contributed by atoms with Crippen molar-refractivity contribution in [2.45, 2.75) is 17.9 Å². The van der Waals surface area contributed by atoms with E-state index in [9.17, 15) is 18.0 Å². The third kappa shape index (κ3) is 2.75. The Hall–Kier alpha value is -2.19. The van der Waals surface area contributed by atoms with Gasteiger partial charge >= 0.3 is 0 Å². The molecule has 3 rings (SSSR count). The van der Waals surface area contributed by atoms with Crippen LogP contribution in [-0.2, 0) is 14.6 Å². The maximum Gasteiger partial charge on any atom is 0.269 e. The quantitative estimate of drug-likeness (QED) is 0.899. The Balaban J connectivity index is 2.12. The zero-order valence-electron chi connectivity index (χ0n) is 12.4. The zero-order valence-corrected chi connectivity index (χ0v) is 14.1. The van der Waals surface area contributed by atoms with E-state index in [-0.39, 0.29) is 16.7 Å². The number of sulfone groups is 1. The number of anilines is 2. The van der Waals surface area contributed by atoms with Crippen LogP contribution in [0.1, 0.15) is 16.6 Å². The van der Waals surface area contributed by atoms with E-state index in [1.165, 1.54) is 28.4 Å².